The third kappa shape index (κ3) is 2.99. The maximum Gasteiger partial charge on any atom is 0.0814 e. The van der Waals surface area contributed by atoms with E-state index in [1.54, 1.807) is 11.3 Å². The van der Waals surface area contributed by atoms with Gasteiger partial charge in [0.2, 0.25) is 0 Å². The second kappa shape index (κ2) is 6.30. The molecule has 1 nitrogen and oxygen atoms in total. The van der Waals surface area contributed by atoms with Crippen molar-refractivity contribution in [3.63, 3.8) is 0 Å². The molecule has 1 atom stereocenters. The molecule has 4 rings (SSSR count). The molecule has 24 heavy (non-hydrogen) atoms. The summed E-state index contributed by atoms with van der Waals surface area (Å²) in [5.41, 5.74) is 5.86. The second-order valence-electron chi connectivity index (χ2n) is 6.85. The molecule has 0 radical (unpaired) electrons. The summed E-state index contributed by atoms with van der Waals surface area (Å²) < 4.78 is 2.67. The van der Waals surface area contributed by atoms with Gasteiger partial charge in [0.15, 0.2) is 0 Å². The Balaban J connectivity index is 1.60. The van der Waals surface area contributed by atoms with E-state index >= 15 is 0 Å². The smallest absolute Gasteiger partial charge is 0.0814 e. The number of benzene rings is 2. The number of hydrogen-bond donors (Lipinski definition) is 0. The van der Waals surface area contributed by atoms with Crippen LogP contribution in [0.1, 0.15) is 48.6 Å². The molecule has 2 aromatic heterocycles. The van der Waals surface area contributed by atoms with E-state index in [0.717, 1.165) is 11.9 Å². The Labute approximate surface area is 151 Å². The molecule has 122 valence electrons. The highest BCUT2D eigenvalue weighted by molar-refractivity contribution is 7.19. The highest BCUT2D eigenvalue weighted by Crippen LogP contribution is 2.32. The zero-order chi connectivity index (χ0) is 16.7. The third-order valence-electron chi connectivity index (χ3n) is 4.69. The SMILES string of the molecule is CC(C)c1ccc2sc(CC(C)c3ccc4scnc4c3)cc2c1. The summed E-state index contributed by atoms with van der Waals surface area (Å²) in [5.74, 6) is 1.09. The van der Waals surface area contributed by atoms with Crippen LogP contribution in [-0.4, -0.2) is 4.98 Å². The van der Waals surface area contributed by atoms with Gasteiger partial charge in [-0.05, 0) is 59.0 Å². The van der Waals surface area contributed by atoms with Gasteiger partial charge in [0, 0.05) is 9.58 Å². The first-order chi connectivity index (χ1) is 11.6. The predicted octanol–water partition coefficient (Wildman–Crippen LogP) is 6.98. The summed E-state index contributed by atoms with van der Waals surface area (Å²) >= 11 is 3.64. The molecule has 0 aliphatic carbocycles. The van der Waals surface area contributed by atoms with Crippen LogP contribution in [0.5, 0.6) is 0 Å². The van der Waals surface area contributed by atoms with Gasteiger partial charge < -0.3 is 0 Å². The van der Waals surface area contributed by atoms with Crippen molar-refractivity contribution in [2.24, 2.45) is 0 Å². The van der Waals surface area contributed by atoms with Crippen molar-refractivity contribution in [2.45, 2.75) is 39.0 Å². The van der Waals surface area contributed by atoms with Gasteiger partial charge in [-0.15, -0.1) is 22.7 Å². The van der Waals surface area contributed by atoms with E-state index in [1.807, 2.05) is 16.8 Å². The zero-order valence-corrected chi connectivity index (χ0v) is 15.9. The van der Waals surface area contributed by atoms with E-state index in [4.69, 9.17) is 0 Å². The van der Waals surface area contributed by atoms with Crippen LogP contribution in [0, 0.1) is 0 Å². The van der Waals surface area contributed by atoms with Crippen LogP contribution in [0.15, 0.2) is 48.0 Å². The maximum absolute atomic E-state index is 4.45. The molecular formula is C21H21NS2. The van der Waals surface area contributed by atoms with Crippen molar-refractivity contribution in [1.82, 2.24) is 4.98 Å². The zero-order valence-electron chi connectivity index (χ0n) is 14.2. The van der Waals surface area contributed by atoms with E-state index in [-0.39, 0.29) is 0 Å². The van der Waals surface area contributed by atoms with Gasteiger partial charge >= 0.3 is 0 Å². The molecule has 0 saturated carbocycles. The van der Waals surface area contributed by atoms with Gasteiger partial charge in [0.25, 0.3) is 0 Å². The molecule has 2 heterocycles. The lowest BCUT2D eigenvalue weighted by atomic mass is 9.96. The van der Waals surface area contributed by atoms with Crippen molar-refractivity contribution in [3.8, 4) is 0 Å². The largest absolute Gasteiger partial charge is 0.245 e. The quantitative estimate of drug-likeness (QED) is 0.386. The summed E-state index contributed by atoms with van der Waals surface area (Å²) in [7, 11) is 0. The van der Waals surface area contributed by atoms with Crippen molar-refractivity contribution >= 4 is 43.0 Å². The number of rotatable bonds is 4. The minimum absolute atomic E-state index is 0.508. The third-order valence-corrected chi connectivity index (χ3v) is 6.64. The van der Waals surface area contributed by atoms with Crippen LogP contribution in [0.25, 0.3) is 20.3 Å². The average Bonchev–Trinajstić information content (AvgIpc) is 3.18. The number of thiazole rings is 1. The number of hydrogen-bond acceptors (Lipinski definition) is 3. The molecule has 0 N–H and O–H groups in total. The standard InChI is InChI=1S/C21H21NS2/c1-13(2)15-4-6-20-17(9-15)10-18(24-20)8-14(3)16-5-7-21-19(11-16)22-12-23-21/h4-7,9-14H,8H2,1-3H3. The fourth-order valence-electron chi connectivity index (χ4n) is 3.18. The lowest BCUT2D eigenvalue weighted by molar-refractivity contribution is 0.770. The molecule has 0 saturated heterocycles. The summed E-state index contributed by atoms with van der Waals surface area (Å²) in [6.45, 7) is 6.83. The summed E-state index contributed by atoms with van der Waals surface area (Å²) in [6, 6.07) is 16.0. The monoisotopic (exact) mass is 351 g/mol. The lowest BCUT2D eigenvalue weighted by Gasteiger charge is -2.10. The van der Waals surface area contributed by atoms with Gasteiger partial charge in [0.1, 0.15) is 0 Å². The average molecular weight is 352 g/mol. The number of thiophene rings is 1. The molecular weight excluding hydrogens is 330 g/mol. The maximum atomic E-state index is 4.45. The Kier molecular flexibility index (Phi) is 4.15. The van der Waals surface area contributed by atoms with Crippen LogP contribution in [-0.2, 0) is 6.42 Å². The normalized spacial score (nSPS) is 13.2. The highest BCUT2D eigenvalue weighted by atomic mass is 32.1. The minimum Gasteiger partial charge on any atom is -0.245 e. The first kappa shape index (κ1) is 15.8. The van der Waals surface area contributed by atoms with Gasteiger partial charge in [-0.25, -0.2) is 4.98 Å². The molecule has 1 unspecified atom stereocenters. The molecule has 2 aromatic carbocycles. The van der Waals surface area contributed by atoms with Gasteiger partial charge in [0.05, 0.1) is 15.7 Å². The van der Waals surface area contributed by atoms with Gasteiger partial charge in [-0.2, -0.15) is 0 Å². The first-order valence-electron chi connectivity index (χ1n) is 8.45. The van der Waals surface area contributed by atoms with Crippen molar-refractivity contribution in [2.75, 3.05) is 0 Å². The van der Waals surface area contributed by atoms with E-state index in [9.17, 15) is 0 Å². The van der Waals surface area contributed by atoms with E-state index < -0.39 is 0 Å². The van der Waals surface area contributed by atoms with Gasteiger partial charge in [-0.3, -0.25) is 0 Å². The molecule has 0 bridgehead atoms. The van der Waals surface area contributed by atoms with E-state index in [1.165, 1.54) is 30.8 Å². The predicted molar refractivity (Wildman–Crippen MR) is 108 cm³/mol. The summed E-state index contributed by atoms with van der Waals surface area (Å²) in [6.07, 6.45) is 1.09. The summed E-state index contributed by atoms with van der Waals surface area (Å²) in [5, 5.41) is 1.39. The van der Waals surface area contributed by atoms with Crippen LogP contribution in [0.4, 0.5) is 0 Å². The summed E-state index contributed by atoms with van der Waals surface area (Å²) in [4.78, 5) is 5.92. The Morgan fingerprint density at radius 3 is 2.54 bits per heavy atom. The van der Waals surface area contributed by atoms with Crippen molar-refractivity contribution < 1.29 is 0 Å². The Morgan fingerprint density at radius 1 is 0.917 bits per heavy atom. The second-order valence-corrected chi connectivity index (χ2v) is 8.90. The van der Waals surface area contributed by atoms with Crippen LogP contribution in [0.3, 0.4) is 0 Å². The number of aromatic nitrogens is 1. The van der Waals surface area contributed by atoms with Crippen molar-refractivity contribution in [1.29, 1.82) is 0 Å². The first-order valence-corrected chi connectivity index (χ1v) is 10.2. The molecule has 4 aromatic rings. The Morgan fingerprint density at radius 2 is 1.71 bits per heavy atom. The van der Waals surface area contributed by atoms with Crippen LogP contribution < -0.4 is 0 Å². The van der Waals surface area contributed by atoms with E-state index in [2.05, 4.69) is 68.2 Å². The molecule has 0 fully saturated rings. The fourth-order valence-corrected chi connectivity index (χ4v) is 5.01. The molecule has 0 aliphatic heterocycles. The molecule has 3 heteroatoms. The highest BCUT2D eigenvalue weighted by Gasteiger charge is 2.11. The van der Waals surface area contributed by atoms with Crippen LogP contribution in [0.2, 0.25) is 0 Å². The molecule has 0 amide bonds. The fraction of sp³-hybridized carbons (Fsp3) is 0.286. The number of nitrogens with zero attached hydrogens (tertiary/aromatic N) is 1. The molecule has 0 spiro atoms. The molecule has 0 aliphatic rings. The minimum atomic E-state index is 0.508. The topological polar surface area (TPSA) is 12.9 Å². The van der Waals surface area contributed by atoms with Crippen molar-refractivity contribution in [3.05, 3.63) is 64.0 Å². The number of fused-ring (bicyclic) bond motifs is 2. The van der Waals surface area contributed by atoms with Gasteiger partial charge in [-0.1, -0.05) is 39.0 Å². The Bertz CT molecular complexity index is 993. The van der Waals surface area contributed by atoms with E-state index in [0.29, 0.717) is 11.8 Å². The van der Waals surface area contributed by atoms with Crippen LogP contribution >= 0.6 is 22.7 Å². The lowest BCUT2D eigenvalue weighted by Crippen LogP contribution is -1.96. The Hall–Kier alpha value is -1.71.